The molecule has 0 amide bonds. The van der Waals surface area contributed by atoms with Crippen LogP contribution in [0.4, 0.5) is 0 Å². The Morgan fingerprint density at radius 1 is 1.00 bits per heavy atom. The molecule has 1 N–H and O–H groups in total. The second kappa shape index (κ2) is 8.52. The molecule has 2 heterocycles. The number of halogens is 2. The summed E-state index contributed by atoms with van der Waals surface area (Å²) in [4.78, 5) is 4.92. The molecule has 0 spiro atoms. The van der Waals surface area contributed by atoms with Crippen LogP contribution in [-0.4, -0.2) is 20.8 Å². The number of hydrogen-bond acceptors (Lipinski definition) is 6. The van der Waals surface area contributed by atoms with Gasteiger partial charge in [0, 0.05) is 17.0 Å². The van der Waals surface area contributed by atoms with Gasteiger partial charge in [-0.1, -0.05) is 46.6 Å². The van der Waals surface area contributed by atoms with E-state index in [0.29, 0.717) is 39.7 Å². The van der Waals surface area contributed by atoms with Gasteiger partial charge in [-0.3, -0.25) is 0 Å². The zero-order chi connectivity index (χ0) is 25.6. The Morgan fingerprint density at radius 3 is 2.45 bits per heavy atom. The van der Waals surface area contributed by atoms with Crippen LogP contribution in [0.3, 0.4) is 0 Å². The highest BCUT2D eigenvalue weighted by Crippen LogP contribution is 2.65. The highest BCUT2D eigenvalue weighted by atomic mass is 35.5. The predicted molar refractivity (Wildman–Crippen MR) is 149 cm³/mol. The SMILES string of the molecule is O[C@]1(c2nc3ccccc3s2)[C@@H]2CC3C[C@H]1C[C@](OCc1c(-c4c(Cl)cccc4Cl)noc1C1CC1)(C3)C2. The predicted octanol–water partition coefficient (Wildman–Crippen LogP) is 8.12. The molecule has 0 saturated heterocycles. The molecule has 5 atom stereocenters. The van der Waals surface area contributed by atoms with E-state index in [2.05, 4.69) is 11.2 Å². The van der Waals surface area contributed by atoms with Gasteiger partial charge in [-0.25, -0.2) is 4.98 Å². The van der Waals surface area contributed by atoms with E-state index >= 15 is 0 Å². The molecule has 5 fully saturated rings. The van der Waals surface area contributed by atoms with E-state index in [1.807, 2.05) is 36.4 Å². The summed E-state index contributed by atoms with van der Waals surface area (Å²) in [5, 5.41) is 18.7. The molecule has 5 aliphatic rings. The van der Waals surface area contributed by atoms with Crippen LogP contribution in [0.1, 0.15) is 67.2 Å². The van der Waals surface area contributed by atoms with Crippen LogP contribution in [0.5, 0.6) is 0 Å². The first-order chi connectivity index (χ1) is 18.4. The molecule has 2 aromatic heterocycles. The first-order valence-electron chi connectivity index (χ1n) is 13.6. The van der Waals surface area contributed by atoms with Crippen molar-refractivity contribution in [2.75, 3.05) is 0 Å². The number of rotatable bonds is 6. The normalized spacial score (nSPS) is 31.9. The monoisotopic (exact) mass is 566 g/mol. The quantitative estimate of drug-likeness (QED) is 0.255. The zero-order valence-electron chi connectivity index (χ0n) is 20.8. The third kappa shape index (κ3) is 3.57. The first-order valence-corrected chi connectivity index (χ1v) is 15.2. The topological polar surface area (TPSA) is 68.4 Å². The molecule has 38 heavy (non-hydrogen) atoms. The summed E-state index contributed by atoms with van der Waals surface area (Å²) >= 11 is 14.8. The van der Waals surface area contributed by atoms with Crippen molar-refractivity contribution in [2.45, 2.75) is 68.7 Å². The van der Waals surface area contributed by atoms with E-state index in [4.69, 9.17) is 37.4 Å². The van der Waals surface area contributed by atoms with Gasteiger partial charge in [-0.2, -0.15) is 0 Å². The number of hydrogen-bond donors (Lipinski definition) is 1. The van der Waals surface area contributed by atoms with Crippen molar-refractivity contribution in [2.24, 2.45) is 17.8 Å². The second-order valence-electron chi connectivity index (χ2n) is 11.9. The zero-order valence-corrected chi connectivity index (χ0v) is 23.2. The Balaban J connectivity index is 1.11. The molecule has 8 heteroatoms. The molecule has 5 nitrogen and oxygen atoms in total. The fraction of sp³-hybridized carbons (Fsp3) is 0.467. The van der Waals surface area contributed by atoms with Gasteiger partial charge in [-0.15, -0.1) is 11.3 Å². The summed E-state index contributed by atoms with van der Waals surface area (Å²) in [6.45, 7) is 0.415. The maximum absolute atomic E-state index is 12.2. The fourth-order valence-electron chi connectivity index (χ4n) is 7.76. The number of benzene rings is 2. The van der Waals surface area contributed by atoms with Crippen LogP contribution < -0.4 is 0 Å². The third-order valence-electron chi connectivity index (χ3n) is 9.50. The van der Waals surface area contributed by atoms with E-state index in [1.54, 1.807) is 11.3 Å². The fourth-order valence-corrected chi connectivity index (χ4v) is 9.55. The van der Waals surface area contributed by atoms with Crippen LogP contribution in [0, 0.1) is 17.8 Å². The minimum atomic E-state index is -0.875. The molecule has 5 aliphatic carbocycles. The summed E-state index contributed by atoms with van der Waals surface area (Å²) in [6.07, 6.45) is 7.01. The average molecular weight is 568 g/mol. The van der Waals surface area contributed by atoms with Crippen molar-refractivity contribution in [1.29, 1.82) is 0 Å². The minimum absolute atomic E-state index is 0.150. The van der Waals surface area contributed by atoms with Crippen molar-refractivity contribution in [3.05, 3.63) is 68.8 Å². The summed E-state index contributed by atoms with van der Waals surface area (Å²) in [5.74, 6) is 2.17. The third-order valence-corrected chi connectivity index (χ3v) is 11.3. The Hall–Kier alpha value is -1.96. The minimum Gasteiger partial charge on any atom is -0.382 e. The Morgan fingerprint density at radius 2 is 1.74 bits per heavy atom. The number of ether oxygens (including phenoxy) is 1. The number of nitrogens with zero attached hydrogens (tertiary/aromatic N) is 2. The van der Waals surface area contributed by atoms with Crippen molar-refractivity contribution in [1.82, 2.24) is 10.1 Å². The summed E-state index contributed by atoms with van der Waals surface area (Å²) < 4.78 is 13.9. The largest absolute Gasteiger partial charge is 0.382 e. The maximum Gasteiger partial charge on any atom is 0.145 e. The van der Waals surface area contributed by atoms with Gasteiger partial charge >= 0.3 is 0 Å². The van der Waals surface area contributed by atoms with Crippen LogP contribution in [0.15, 0.2) is 47.0 Å². The van der Waals surface area contributed by atoms with E-state index in [0.717, 1.165) is 71.5 Å². The lowest BCUT2D eigenvalue weighted by Gasteiger charge is -2.62. The molecule has 9 rings (SSSR count). The molecule has 2 aromatic carbocycles. The highest BCUT2D eigenvalue weighted by molar-refractivity contribution is 7.18. The number of fused-ring (bicyclic) bond motifs is 1. The second-order valence-corrected chi connectivity index (χ2v) is 13.7. The first kappa shape index (κ1) is 23.9. The molecular formula is C30H28Cl2N2O3S. The molecule has 1 unspecified atom stereocenters. The standard InChI is InChI=1S/C30H28Cl2N2O3S/c31-21-4-3-5-22(32)25(21)26-20(27(37-34-26)17-8-9-17)15-36-29-12-16-10-18(13-29)30(35,19(11-16)14-29)28-33-23-6-1-2-7-24(23)38-28/h1-7,16-19,35H,8-15H2/t16?,18-,19+,29+,30-. The molecule has 4 bridgehead atoms. The van der Waals surface area contributed by atoms with Crippen LogP contribution in [-0.2, 0) is 16.9 Å². The summed E-state index contributed by atoms with van der Waals surface area (Å²) in [5.41, 5.74) is 2.23. The molecule has 196 valence electrons. The van der Waals surface area contributed by atoms with Gasteiger partial charge in [-0.05, 0) is 87.0 Å². The molecule has 4 aromatic rings. The smallest absolute Gasteiger partial charge is 0.145 e. The average Bonchev–Trinajstić information content (AvgIpc) is 3.50. The lowest BCUT2D eigenvalue weighted by Crippen LogP contribution is -2.62. The van der Waals surface area contributed by atoms with Gasteiger partial charge < -0.3 is 14.4 Å². The Labute approximate surface area is 235 Å². The van der Waals surface area contributed by atoms with Crippen LogP contribution in [0.2, 0.25) is 10.0 Å². The van der Waals surface area contributed by atoms with Crippen LogP contribution >= 0.6 is 34.5 Å². The number of para-hydroxylation sites is 1. The maximum atomic E-state index is 12.2. The van der Waals surface area contributed by atoms with Gasteiger partial charge in [0.15, 0.2) is 0 Å². The van der Waals surface area contributed by atoms with E-state index in [1.165, 1.54) is 0 Å². The molecule has 0 radical (unpaired) electrons. The highest BCUT2D eigenvalue weighted by Gasteiger charge is 2.64. The van der Waals surface area contributed by atoms with Gasteiger partial charge in [0.05, 0.1) is 32.5 Å². The molecule has 5 saturated carbocycles. The van der Waals surface area contributed by atoms with Crippen molar-refractivity contribution in [3.8, 4) is 11.3 Å². The summed E-state index contributed by atoms with van der Waals surface area (Å²) in [7, 11) is 0. The molecular weight excluding hydrogens is 539 g/mol. The Bertz CT molecular complexity index is 1490. The number of aliphatic hydroxyl groups is 1. The summed E-state index contributed by atoms with van der Waals surface area (Å²) in [6, 6.07) is 13.7. The lowest BCUT2D eigenvalue weighted by atomic mass is 9.48. The van der Waals surface area contributed by atoms with Crippen molar-refractivity contribution < 1.29 is 14.4 Å². The lowest BCUT2D eigenvalue weighted by molar-refractivity contribution is -0.250. The van der Waals surface area contributed by atoms with Gasteiger partial charge in [0.2, 0.25) is 0 Å². The number of thiazole rings is 1. The van der Waals surface area contributed by atoms with E-state index in [9.17, 15) is 5.11 Å². The van der Waals surface area contributed by atoms with Crippen molar-refractivity contribution in [3.63, 3.8) is 0 Å². The Kier molecular flexibility index (Phi) is 5.35. The van der Waals surface area contributed by atoms with Gasteiger partial charge in [0.25, 0.3) is 0 Å². The number of aromatic nitrogens is 2. The van der Waals surface area contributed by atoms with Crippen molar-refractivity contribution >= 4 is 44.8 Å². The van der Waals surface area contributed by atoms with E-state index in [-0.39, 0.29) is 17.4 Å². The van der Waals surface area contributed by atoms with E-state index < -0.39 is 5.60 Å². The molecule has 0 aliphatic heterocycles. The van der Waals surface area contributed by atoms with Crippen LogP contribution in [0.25, 0.3) is 21.5 Å². The van der Waals surface area contributed by atoms with Gasteiger partial charge in [0.1, 0.15) is 22.1 Å².